The highest BCUT2D eigenvalue weighted by molar-refractivity contribution is 7.92. The number of piperidine rings is 1. The number of sulfone groups is 1. The standard InChI is InChI=1S/C18H24ClNO5S/c1-12(2)16(18(22)23)11-17(21)20-9-7-15(8-10-20)26(24,25)14-5-3-13(19)4-6-14/h3-6,12,15-16H,7-11H2,1-2H3,(H,22,23)/t16-/m0/s1. The minimum atomic E-state index is -3.47. The van der Waals surface area contributed by atoms with Crippen molar-refractivity contribution in [1.29, 1.82) is 0 Å². The second-order valence-corrected chi connectivity index (χ2v) is 9.64. The third-order valence-corrected chi connectivity index (χ3v) is 7.42. The first-order valence-electron chi connectivity index (χ1n) is 8.63. The van der Waals surface area contributed by atoms with Crippen LogP contribution >= 0.6 is 11.6 Å². The molecule has 1 N–H and O–H groups in total. The summed E-state index contributed by atoms with van der Waals surface area (Å²) < 4.78 is 25.4. The van der Waals surface area contributed by atoms with E-state index in [1.807, 2.05) is 0 Å². The quantitative estimate of drug-likeness (QED) is 0.791. The lowest BCUT2D eigenvalue weighted by Crippen LogP contribution is -2.43. The monoisotopic (exact) mass is 401 g/mol. The van der Waals surface area contributed by atoms with Gasteiger partial charge < -0.3 is 10.0 Å². The number of hydrogen-bond acceptors (Lipinski definition) is 4. The van der Waals surface area contributed by atoms with Crippen molar-refractivity contribution in [1.82, 2.24) is 4.90 Å². The number of carboxylic acid groups (broad SMARTS) is 1. The Labute approximate surface area is 159 Å². The third-order valence-electron chi connectivity index (χ3n) is 4.89. The number of carbonyl (C=O) groups is 2. The van der Waals surface area contributed by atoms with Gasteiger partial charge >= 0.3 is 5.97 Å². The average molecular weight is 402 g/mol. The molecule has 26 heavy (non-hydrogen) atoms. The Morgan fingerprint density at radius 3 is 2.19 bits per heavy atom. The molecule has 2 rings (SSSR count). The first-order chi connectivity index (χ1) is 12.1. The molecule has 6 nitrogen and oxygen atoms in total. The Bertz CT molecular complexity index is 752. The molecule has 1 aromatic carbocycles. The first kappa shape index (κ1) is 20.7. The second-order valence-electron chi connectivity index (χ2n) is 6.97. The maximum absolute atomic E-state index is 12.7. The molecule has 0 saturated carbocycles. The first-order valence-corrected chi connectivity index (χ1v) is 10.6. The Hall–Kier alpha value is -1.60. The maximum Gasteiger partial charge on any atom is 0.307 e. The summed E-state index contributed by atoms with van der Waals surface area (Å²) in [5.41, 5.74) is 0. The predicted molar refractivity (Wildman–Crippen MR) is 98.8 cm³/mol. The number of likely N-dealkylation sites (tertiary alicyclic amines) is 1. The van der Waals surface area contributed by atoms with Crippen LogP contribution in [0.3, 0.4) is 0 Å². The van der Waals surface area contributed by atoms with Gasteiger partial charge in [-0.3, -0.25) is 9.59 Å². The highest BCUT2D eigenvalue weighted by Crippen LogP contribution is 2.26. The van der Waals surface area contributed by atoms with Crippen molar-refractivity contribution in [2.24, 2.45) is 11.8 Å². The van der Waals surface area contributed by atoms with Crippen molar-refractivity contribution in [2.75, 3.05) is 13.1 Å². The number of nitrogens with zero attached hydrogens (tertiary/aromatic N) is 1. The number of carboxylic acids is 1. The van der Waals surface area contributed by atoms with Crippen molar-refractivity contribution < 1.29 is 23.1 Å². The van der Waals surface area contributed by atoms with Gasteiger partial charge in [0.2, 0.25) is 5.91 Å². The van der Waals surface area contributed by atoms with E-state index < -0.39 is 27.0 Å². The summed E-state index contributed by atoms with van der Waals surface area (Å²) in [6.45, 7) is 4.19. The number of benzene rings is 1. The van der Waals surface area contributed by atoms with Crippen LogP contribution in [0.5, 0.6) is 0 Å². The zero-order valence-electron chi connectivity index (χ0n) is 14.9. The van der Waals surface area contributed by atoms with Gasteiger partial charge in [-0.25, -0.2) is 8.42 Å². The van der Waals surface area contributed by atoms with Gasteiger partial charge in [0, 0.05) is 24.5 Å². The molecule has 1 aromatic rings. The summed E-state index contributed by atoms with van der Waals surface area (Å²) in [5, 5.41) is 9.15. The largest absolute Gasteiger partial charge is 0.481 e. The van der Waals surface area contributed by atoms with E-state index in [0.717, 1.165) is 0 Å². The number of halogens is 1. The van der Waals surface area contributed by atoms with Crippen molar-refractivity contribution in [3.63, 3.8) is 0 Å². The Morgan fingerprint density at radius 2 is 1.73 bits per heavy atom. The number of hydrogen-bond donors (Lipinski definition) is 1. The molecule has 8 heteroatoms. The lowest BCUT2D eigenvalue weighted by atomic mass is 9.92. The third kappa shape index (κ3) is 4.76. The Kier molecular flexibility index (Phi) is 6.69. The van der Waals surface area contributed by atoms with Crippen LogP contribution in [-0.4, -0.2) is 48.6 Å². The van der Waals surface area contributed by atoms with Gasteiger partial charge in [0.1, 0.15) is 0 Å². The number of rotatable bonds is 6. The highest BCUT2D eigenvalue weighted by Gasteiger charge is 2.34. The van der Waals surface area contributed by atoms with E-state index in [0.29, 0.717) is 31.0 Å². The molecule has 1 amide bonds. The maximum atomic E-state index is 12.7. The van der Waals surface area contributed by atoms with Crippen LogP contribution < -0.4 is 0 Å². The van der Waals surface area contributed by atoms with Crippen LogP contribution in [0.15, 0.2) is 29.2 Å². The summed E-state index contributed by atoms with van der Waals surface area (Å²) in [5.74, 6) is -2.07. The number of amides is 1. The topological polar surface area (TPSA) is 91.8 Å². The van der Waals surface area contributed by atoms with Crippen LogP contribution in [0.1, 0.15) is 33.1 Å². The normalized spacial score (nSPS) is 17.3. The summed E-state index contributed by atoms with van der Waals surface area (Å²) in [6.07, 6.45) is 0.633. The predicted octanol–water partition coefficient (Wildman–Crippen LogP) is 2.85. The molecule has 0 aromatic heterocycles. The Morgan fingerprint density at radius 1 is 1.19 bits per heavy atom. The van der Waals surface area contributed by atoms with Crippen molar-refractivity contribution in [3.8, 4) is 0 Å². The molecule has 1 aliphatic heterocycles. The van der Waals surface area contributed by atoms with Gasteiger partial charge in [0.05, 0.1) is 16.1 Å². The van der Waals surface area contributed by atoms with Gasteiger partial charge in [0.25, 0.3) is 0 Å². The number of carbonyl (C=O) groups excluding carboxylic acids is 1. The minimum absolute atomic E-state index is 0.0540. The van der Waals surface area contributed by atoms with Crippen molar-refractivity contribution in [2.45, 2.75) is 43.3 Å². The molecular weight excluding hydrogens is 378 g/mol. The zero-order valence-corrected chi connectivity index (χ0v) is 16.5. The summed E-state index contributed by atoms with van der Waals surface area (Å²) in [4.78, 5) is 25.5. The smallest absolute Gasteiger partial charge is 0.307 e. The molecule has 0 bridgehead atoms. The van der Waals surface area contributed by atoms with Crippen LogP contribution in [0.2, 0.25) is 5.02 Å². The highest BCUT2D eigenvalue weighted by atomic mass is 35.5. The van der Waals surface area contributed by atoms with E-state index in [1.54, 1.807) is 30.9 Å². The minimum Gasteiger partial charge on any atom is -0.481 e. The molecule has 1 aliphatic rings. The molecule has 1 fully saturated rings. The van der Waals surface area contributed by atoms with E-state index in [2.05, 4.69) is 0 Å². The van der Waals surface area contributed by atoms with Crippen LogP contribution in [0.25, 0.3) is 0 Å². The molecule has 0 radical (unpaired) electrons. The van der Waals surface area contributed by atoms with Gasteiger partial charge in [-0.2, -0.15) is 0 Å². The second kappa shape index (κ2) is 8.39. The molecule has 1 heterocycles. The van der Waals surface area contributed by atoms with Crippen LogP contribution in [-0.2, 0) is 19.4 Å². The van der Waals surface area contributed by atoms with E-state index in [9.17, 15) is 23.1 Å². The van der Waals surface area contributed by atoms with Gasteiger partial charge in [-0.1, -0.05) is 25.4 Å². The van der Waals surface area contributed by atoms with Gasteiger partial charge in [-0.15, -0.1) is 0 Å². The van der Waals surface area contributed by atoms with Crippen LogP contribution in [0, 0.1) is 11.8 Å². The molecule has 1 atom stereocenters. The van der Waals surface area contributed by atoms with Crippen molar-refractivity contribution in [3.05, 3.63) is 29.3 Å². The molecule has 144 valence electrons. The van der Waals surface area contributed by atoms with Crippen molar-refractivity contribution >= 4 is 33.3 Å². The number of aliphatic carboxylic acids is 1. The fourth-order valence-corrected chi connectivity index (χ4v) is 5.02. The van der Waals surface area contributed by atoms with E-state index in [-0.39, 0.29) is 23.1 Å². The van der Waals surface area contributed by atoms with E-state index >= 15 is 0 Å². The summed E-state index contributed by atoms with van der Waals surface area (Å²) >= 11 is 5.81. The molecule has 0 unspecified atom stereocenters. The molecular formula is C18H24ClNO5S. The fourth-order valence-electron chi connectivity index (χ4n) is 3.16. The zero-order chi connectivity index (χ0) is 19.5. The average Bonchev–Trinajstić information content (AvgIpc) is 2.59. The van der Waals surface area contributed by atoms with Gasteiger partial charge in [-0.05, 0) is 43.0 Å². The Balaban J connectivity index is 1.99. The molecule has 0 aliphatic carbocycles. The fraction of sp³-hybridized carbons (Fsp3) is 0.556. The molecule has 1 saturated heterocycles. The summed E-state index contributed by atoms with van der Waals surface area (Å²) in [7, 11) is -3.47. The van der Waals surface area contributed by atoms with E-state index in [4.69, 9.17) is 11.6 Å². The van der Waals surface area contributed by atoms with Crippen LogP contribution in [0.4, 0.5) is 0 Å². The molecule has 0 spiro atoms. The SMILES string of the molecule is CC(C)[C@H](CC(=O)N1CCC(S(=O)(=O)c2ccc(Cl)cc2)CC1)C(=O)O. The lowest BCUT2D eigenvalue weighted by Gasteiger charge is -2.32. The van der Waals surface area contributed by atoms with Gasteiger partial charge in [0.15, 0.2) is 9.84 Å². The lowest BCUT2D eigenvalue weighted by molar-refractivity contribution is -0.147. The summed E-state index contributed by atoms with van der Waals surface area (Å²) in [6, 6.07) is 6.08. The van der Waals surface area contributed by atoms with E-state index in [1.165, 1.54) is 12.1 Å².